The molecule has 1 amide bonds. The first-order valence-corrected chi connectivity index (χ1v) is 8.05. The molecule has 2 aromatic carbocycles. The minimum absolute atomic E-state index is 0.0520. The molecule has 0 spiro atoms. The molecule has 2 aromatic rings. The van der Waals surface area contributed by atoms with Gasteiger partial charge in [0.25, 0.3) is 5.91 Å². The lowest BCUT2D eigenvalue weighted by Crippen LogP contribution is -2.49. The Morgan fingerprint density at radius 2 is 1.37 bits per heavy atom. The van der Waals surface area contributed by atoms with E-state index in [2.05, 4.69) is 0 Å². The van der Waals surface area contributed by atoms with Crippen molar-refractivity contribution in [2.75, 3.05) is 38.2 Å². The molecule has 1 aliphatic rings. The van der Waals surface area contributed by atoms with Crippen molar-refractivity contribution in [3.05, 3.63) is 58.9 Å². The summed E-state index contributed by atoms with van der Waals surface area (Å²) in [6, 6.07) is 6.58. The van der Waals surface area contributed by atoms with Crippen LogP contribution in [0.15, 0.2) is 24.3 Å². The molecule has 1 heterocycles. The maximum atomic E-state index is 13.9. The Morgan fingerprint density at radius 1 is 0.852 bits per heavy atom. The molecule has 27 heavy (non-hydrogen) atoms. The average Bonchev–Trinajstić information content (AvgIpc) is 2.71. The van der Waals surface area contributed by atoms with Crippen LogP contribution in [0.1, 0.15) is 10.4 Å². The van der Waals surface area contributed by atoms with Gasteiger partial charge in [0, 0.05) is 26.2 Å². The molecule has 0 radical (unpaired) electrons. The molecule has 9 heteroatoms. The van der Waals surface area contributed by atoms with Crippen molar-refractivity contribution in [2.45, 2.75) is 0 Å². The largest absolute Gasteiger partial charge is 0.496 e. The van der Waals surface area contributed by atoms with E-state index in [9.17, 15) is 26.7 Å². The number of carbonyl (C=O) groups excluding carboxylic acids is 1. The second-order valence-electron chi connectivity index (χ2n) is 5.90. The van der Waals surface area contributed by atoms with Crippen LogP contribution >= 0.6 is 0 Å². The Balaban J connectivity index is 1.80. The summed E-state index contributed by atoms with van der Waals surface area (Å²) in [5.74, 6) is -9.90. The second-order valence-corrected chi connectivity index (χ2v) is 5.90. The maximum absolute atomic E-state index is 13.9. The monoisotopic (exact) mass is 386 g/mol. The molecule has 4 nitrogen and oxygen atoms in total. The molecule has 0 N–H and O–H groups in total. The molecule has 1 saturated heterocycles. The summed E-state index contributed by atoms with van der Waals surface area (Å²) in [6.45, 7) is -0.0643. The van der Waals surface area contributed by atoms with E-state index in [1.165, 1.54) is 12.0 Å². The first-order chi connectivity index (χ1) is 12.9. The summed E-state index contributed by atoms with van der Waals surface area (Å²) < 4.78 is 73.0. The molecule has 144 valence electrons. The molecule has 0 aliphatic carbocycles. The van der Waals surface area contributed by atoms with E-state index in [0.717, 1.165) is 4.90 Å². The number of rotatable bonds is 3. The molecular formula is C18H15F5N2O2. The van der Waals surface area contributed by atoms with Gasteiger partial charge in [-0.2, -0.15) is 0 Å². The van der Waals surface area contributed by atoms with Crippen LogP contribution < -0.4 is 9.64 Å². The van der Waals surface area contributed by atoms with E-state index in [-0.39, 0.29) is 32.1 Å². The van der Waals surface area contributed by atoms with Crippen LogP contribution in [0.25, 0.3) is 0 Å². The van der Waals surface area contributed by atoms with Gasteiger partial charge in [-0.1, -0.05) is 12.1 Å². The summed E-state index contributed by atoms with van der Waals surface area (Å²) in [5.41, 5.74) is -0.652. The smallest absolute Gasteiger partial charge is 0.257 e. The van der Waals surface area contributed by atoms with Crippen molar-refractivity contribution in [1.82, 2.24) is 4.90 Å². The van der Waals surface area contributed by atoms with Crippen molar-refractivity contribution < 1.29 is 31.5 Å². The predicted octanol–water partition coefficient (Wildman–Crippen LogP) is 3.35. The number of halogens is 5. The average molecular weight is 386 g/mol. The molecule has 0 bridgehead atoms. The van der Waals surface area contributed by atoms with Crippen LogP contribution in [0.3, 0.4) is 0 Å². The van der Waals surface area contributed by atoms with E-state index < -0.39 is 34.8 Å². The lowest BCUT2D eigenvalue weighted by molar-refractivity contribution is 0.0743. The normalized spacial score (nSPS) is 14.4. The Hall–Kier alpha value is -2.84. The number of ether oxygens (including phenoxy) is 1. The van der Waals surface area contributed by atoms with Crippen molar-refractivity contribution in [2.24, 2.45) is 0 Å². The Kier molecular flexibility index (Phi) is 5.20. The second kappa shape index (κ2) is 7.42. The molecule has 1 fully saturated rings. The van der Waals surface area contributed by atoms with Crippen LogP contribution in [0, 0.1) is 29.1 Å². The highest BCUT2D eigenvalue weighted by molar-refractivity contribution is 5.97. The topological polar surface area (TPSA) is 32.8 Å². The Morgan fingerprint density at radius 3 is 1.93 bits per heavy atom. The lowest BCUT2D eigenvalue weighted by atomic mass is 10.1. The van der Waals surface area contributed by atoms with Crippen molar-refractivity contribution in [1.29, 1.82) is 0 Å². The highest BCUT2D eigenvalue weighted by atomic mass is 19.2. The third-order valence-corrected chi connectivity index (χ3v) is 4.41. The number of nitrogens with zero attached hydrogens (tertiary/aromatic N) is 2. The molecule has 0 atom stereocenters. The van der Waals surface area contributed by atoms with Crippen LogP contribution in [-0.4, -0.2) is 44.1 Å². The minimum atomic E-state index is -2.20. The SMILES string of the molecule is COc1ccccc1C(=O)N1CCN(c2c(F)c(F)c(F)c(F)c2F)CC1. The third kappa shape index (κ3) is 3.29. The number of piperazine rings is 1. The van der Waals surface area contributed by atoms with E-state index >= 15 is 0 Å². The third-order valence-electron chi connectivity index (χ3n) is 4.41. The van der Waals surface area contributed by atoms with Gasteiger partial charge in [0.05, 0.1) is 12.7 Å². The number of methoxy groups -OCH3 is 1. The first kappa shape index (κ1) is 18.9. The quantitative estimate of drug-likeness (QED) is 0.461. The summed E-state index contributed by atoms with van der Waals surface area (Å²) in [4.78, 5) is 15.1. The highest BCUT2D eigenvalue weighted by Gasteiger charge is 2.32. The summed E-state index contributed by atoms with van der Waals surface area (Å²) in [6.07, 6.45) is 0. The van der Waals surface area contributed by atoms with Crippen LogP contribution in [0.5, 0.6) is 5.75 Å². The minimum Gasteiger partial charge on any atom is -0.496 e. The van der Waals surface area contributed by atoms with Gasteiger partial charge in [-0.3, -0.25) is 4.79 Å². The number of amides is 1. The summed E-state index contributed by atoms with van der Waals surface area (Å²) >= 11 is 0. The lowest BCUT2D eigenvalue weighted by Gasteiger charge is -2.36. The zero-order valence-electron chi connectivity index (χ0n) is 14.2. The molecule has 0 unspecified atom stereocenters. The summed E-state index contributed by atoms with van der Waals surface area (Å²) in [5, 5.41) is 0. The van der Waals surface area contributed by atoms with Gasteiger partial charge in [0.15, 0.2) is 23.3 Å². The van der Waals surface area contributed by atoms with Gasteiger partial charge in [0.1, 0.15) is 11.4 Å². The number of benzene rings is 2. The van der Waals surface area contributed by atoms with Gasteiger partial charge >= 0.3 is 0 Å². The molecule has 1 aliphatic heterocycles. The van der Waals surface area contributed by atoms with Crippen LogP contribution in [-0.2, 0) is 0 Å². The van der Waals surface area contributed by atoms with E-state index in [4.69, 9.17) is 4.74 Å². The van der Waals surface area contributed by atoms with Gasteiger partial charge in [-0.25, -0.2) is 22.0 Å². The van der Waals surface area contributed by atoms with E-state index in [1.54, 1.807) is 24.3 Å². The molecule has 3 rings (SSSR count). The van der Waals surface area contributed by atoms with Crippen molar-refractivity contribution >= 4 is 11.6 Å². The number of hydrogen-bond acceptors (Lipinski definition) is 3. The van der Waals surface area contributed by atoms with Crippen molar-refractivity contribution in [3.63, 3.8) is 0 Å². The Labute approximate surface area is 151 Å². The summed E-state index contributed by atoms with van der Waals surface area (Å²) in [7, 11) is 1.42. The van der Waals surface area contributed by atoms with Gasteiger partial charge in [-0.05, 0) is 12.1 Å². The fraction of sp³-hybridized carbons (Fsp3) is 0.278. The van der Waals surface area contributed by atoms with Crippen LogP contribution in [0.2, 0.25) is 0 Å². The van der Waals surface area contributed by atoms with Gasteiger partial charge < -0.3 is 14.5 Å². The zero-order chi connectivity index (χ0) is 19.7. The van der Waals surface area contributed by atoms with Gasteiger partial charge in [-0.15, -0.1) is 0 Å². The predicted molar refractivity (Wildman–Crippen MR) is 87.3 cm³/mol. The van der Waals surface area contributed by atoms with E-state index in [1.807, 2.05) is 0 Å². The van der Waals surface area contributed by atoms with E-state index in [0.29, 0.717) is 11.3 Å². The number of carbonyl (C=O) groups is 1. The van der Waals surface area contributed by atoms with Crippen molar-refractivity contribution in [3.8, 4) is 5.75 Å². The highest BCUT2D eigenvalue weighted by Crippen LogP contribution is 2.31. The fourth-order valence-corrected chi connectivity index (χ4v) is 3.00. The zero-order valence-corrected chi connectivity index (χ0v) is 14.2. The standard InChI is InChI=1S/C18H15F5N2O2/c1-27-11-5-3-2-4-10(11)18(26)25-8-6-24(7-9-25)17-15(22)13(20)12(19)14(21)16(17)23/h2-5H,6-9H2,1H3. The molecular weight excluding hydrogens is 371 g/mol. The van der Waals surface area contributed by atoms with Crippen LogP contribution in [0.4, 0.5) is 27.6 Å². The number of anilines is 1. The first-order valence-electron chi connectivity index (χ1n) is 8.05. The number of hydrogen-bond donors (Lipinski definition) is 0. The fourth-order valence-electron chi connectivity index (χ4n) is 3.00. The van der Waals surface area contributed by atoms with Gasteiger partial charge in [0.2, 0.25) is 5.82 Å². The number of para-hydroxylation sites is 1. The molecule has 0 saturated carbocycles. The Bertz CT molecular complexity index is 853. The maximum Gasteiger partial charge on any atom is 0.257 e. The molecule has 0 aromatic heterocycles.